The zero-order chi connectivity index (χ0) is 25.2. The lowest BCUT2D eigenvalue weighted by molar-refractivity contribution is 0.184. The summed E-state index contributed by atoms with van der Waals surface area (Å²) in [6.45, 7) is 14.4. The van der Waals surface area contributed by atoms with Crippen LogP contribution in [0.3, 0.4) is 0 Å². The largest absolute Gasteiger partial charge is 0.476 e. The zero-order valence-electron chi connectivity index (χ0n) is 22.0. The Kier molecular flexibility index (Phi) is 7.01. The molecular weight excluding hydrogens is 450 g/mol. The fourth-order valence-electron chi connectivity index (χ4n) is 4.95. The number of hydrogen-bond donors (Lipinski definition) is 0. The highest BCUT2D eigenvalue weighted by atomic mass is 16.5. The molecule has 5 rings (SSSR count). The van der Waals surface area contributed by atoms with Crippen LogP contribution in [-0.2, 0) is 20.1 Å². The minimum atomic E-state index is 0.581. The first-order chi connectivity index (χ1) is 17.5. The second kappa shape index (κ2) is 10.3. The van der Waals surface area contributed by atoms with Crippen molar-refractivity contribution in [3.05, 3.63) is 59.4 Å². The van der Waals surface area contributed by atoms with Gasteiger partial charge in [-0.15, -0.1) is 5.10 Å². The van der Waals surface area contributed by atoms with Gasteiger partial charge < -0.3 is 9.47 Å². The molecule has 0 saturated heterocycles. The molecule has 2 aromatic heterocycles. The van der Waals surface area contributed by atoms with Gasteiger partial charge in [-0.1, -0.05) is 31.7 Å². The normalized spacial score (nSPS) is 17.5. The standard InChI is InChI=1S/C29H37N5O2/c1-6-14-34-27-19-33(23-11-12-23)15-16-36-29-26(18-30-32(29)5)22-10-8-20(3)25(17-22)21(4)9-13-24(27)28(31-34)35-7-2/h8-10,13,17-18,23H,4,6-7,11-12,14-16,19H2,1-3,5H3/b13-9+. The summed E-state index contributed by atoms with van der Waals surface area (Å²) >= 11 is 0. The van der Waals surface area contributed by atoms with Gasteiger partial charge in [-0.05, 0) is 67.5 Å². The molecule has 0 radical (unpaired) electrons. The molecule has 2 aliphatic rings. The van der Waals surface area contributed by atoms with Gasteiger partial charge in [0.2, 0.25) is 11.8 Å². The quantitative estimate of drug-likeness (QED) is 0.477. The summed E-state index contributed by atoms with van der Waals surface area (Å²) in [5.74, 6) is 1.50. The molecule has 0 spiro atoms. The van der Waals surface area contributed by atoms with Crippen molar-refractivity contribution >= 4 is 11.6 Å². The van der Waals surface area contributed by atoms with Gasteiger partial charge in [0.1, 0.15) is 6.61 Å². The predicted octanol–water partition coefficient (Wildman–Crippen LogP) is 5.48. The molecule has 0 amide bonds. The first-order valence-corrected chi connectivity index (χ1v) is 13.1. The minimum Gasteiger partial charge on any atom is -0.476 e. The van der Waals surface area contributed by atoms with E-state index in [0.29, 0.717) is 25.1 Å². The maximum atomic E-state index is 6.38. The lowest BCUT2D eigenvalue weighted by atomic mass is 9.96. The number of rotatable bonds is 5. The Morgan fingerprint density at radius 1 is 1.17 bits per heavy atom. The van der Waals surface area contributed by atoms with Crippen molar-refractivity contribution in [2.75, 3.05) is 19.8 Å². The number of ether oxygens (including phenoxy) is 2. The third-order valence-corrected chi connectivity index (χ3v) is 7.04. The predicted molar refractivity (Wildman–Crippen MR) is 144 cm³/mol. The van der Waals surface area contributed by atoms with E-state index in [9.17, 15) is 0 Å². The monoisotopic (exact) mass is 487 g/mol. The Balaban J connectivity index is 1.62. The molecule has 1 fully saturated rings. The molecule has 1 aromatic carbocycles. The van der Waals surface area contributed by atoms with Gasteiger partial charge in [0.15, 0.2) is 0 Å². The summed E-state index contributed by atoms with van der Waals surface area (Å²) < 4.78 is 16.4. The summed E-state index contributed by atoms with van der Waals surface area (Å²) in [6, 6.07) is 7.05. The van der Waals surface area contributed by atoms with E-state index in [1.807, 2.05) is 24.9 Å². The van der Waals surface area contributed by atoms with Crippen LogP contribution in [0.5, 0.6) is 11.8 Å². The van der Waals surface area contributed by atoms with E-state index in [-0.39, 0.29) is 0 Å². The number of benzene rings is 1. The Morgan fingerprint density at radius 3 is 2.75 bits per heavy atom. The van der Waals surface area contributed by atoms with Crippen LogP contribution in [0.4, 0.5) is 0 Å². The summed E-state index contributed by atoms with van der Waals surface area (Å²) in [7, 11) is 1.94. The summed E-state index contributed by atoms with van der Waals surface area (Å²) in [4.78, 5) is 2.53. The Hall–Kier alpha value is -3.32. The van der Waals surface area contributed by atoms with Gasteiger partial charge in [-0.3, -0.25) is 9.58 Å². The molecule has 7 nitrogen and oxygen atoms in total. The molecular formula is C29H37N5O2. The van der Waals surface area contributed by atoms with E-state index in [1.165, 1.54) is 24.1 Å². The maximum absolute atomic E-state index is 6.38. The second-order valence-corrected chi connectivity index (χ2v) is 9.75. The van der Waals surface area contributed by atoms with Crippen molar-refractivity contribution < 1.29 is 9.47 Å². The number of allylic oxidation sites excluding steroid dienone is 2. The fourth-order valence-corrected chi connectivity index (χ4v) is 4.95. The third-order valence-electron chi connectivity index (χ3n) is 7.04. The summed E-state index contributed by atoms with van der Waals surface area (Å²) in [5, 5.41) is 9.38. The molecule has 0 unspecified atom stereocenters. The van der Waals surface area contributed by atoms with Gasteiger partial charge in [-0.2, -0.15) is 5.10 Å². The van der Waals surface area contributed by atoms with Crippen LogP contribution in [0, 0.1) is 6.92 Å². The third kappa shape index (κ3) is 4.85. The average Bonchev–Trinajstić information content (AvgIpc) is 3.58. The SMILES string of the molecule is C=C1/C=C/c2c(OCC)nn(CCC)c2CN(C2CC2)CCOc2c(cnn2C)-c2ccc(C)c1c2. The average molecular weight is 488 g/mol. The van der Waals surface area contributed by atoms with Crippen LogP contribution < -0.4 is 9.47 Å². The van der Waals surface area contributed by atoms with Gasteiger partial charge in [0, 0.05) is 32.7 Å². The van der Waals surface area contributed by atoms with E-state index < -0.39 is 0 Å². The molecule has 1 saturated carbocycles. The lowest BCUT2D eigenvalue weighted by Crippen LogP contribution is -2.31. The molecule has 1 aliphatic carbocycles. The molecule has 3 heterocycles. The van der Waals surface area contributed by atoms with Crippen LogP contribution >= 0.6 is 0 Å². The Labute approximate surface area is 214 Å². The first-order valence-electron chi connectivity index (χ1n) is 13.1. The number of fused-ring (bicyclic) bond motifs is 5. The van der Waals surface area contributed by atoms with Gasteiger partial charge in [-0.25, -0.2) is 4.68 Å². The molecule has 2 bridgehead atoms. The van der Waals surface area contributed by atoms with Crippen molar-refractivity contribution in [3.63, 3.8) is 0 Å². The highest BCUT2D eigenvalue weighted by Crippen LogP contribution is 2.35. The van der Waals surface area contributed by atoms with Gasteiger partial charge in [0.05, 0.1) is 29.6 Å². The van der Waals surface area contributed by atoms with Crippen LogP contribution in [0.1, 0.15) is 55.5 Å². The lowest BCUT2D eigenvalue weighted by Gasteiger charge is -2.23. The zero-order valence-corrected chi connectivity index (χ0v) is 22.0. The maximum Gasteiger partial charge on any atom is 0.240 e. The number of aromatic nitrogens is 4. The van der Waals surface area contributed by atoms with Crippen LogP contribution in [0.2, 0.25) is 0 Å². The first kappa shape index (κ1) is 24.4. The van der Waals surface area contributed by atoms with Crippen LogP contribution in [0.15, 0.2) is 37.1 Å². The van der Waals surface area contributed by atoms with E-state index in [1.54, 1.807) is 0 Å². The van der Waals surface area contributed by atoms with E-state index in [4.69, 9.17) is 14.6 Å². The fraction of sp³-hybridized carbons (Fsp3) is 0.448. The molecule has 0 atom stereocenters. The Morgan fingerprint density at radius 2 is 2.00 bits per heavy atom. The molecule has 3 aromatic rings. The topological polar surface area (TPSA) is 57.3 Å². The summed E-state index contributed by atoms with van der Waals surface area (Å²) in [5.41, 5.74) is 7.56. The molecule has 0 N–H and O–H groups in total. The minimum absolute atomic E-state index is 0.581. The van der Waals surface area contributed by atoms with Crippen molar-refractivity contribution in [1.29, 1.82) is 0 Å². The number of nitrogens with zero attached hydrogens (tertiary/aromatic N) is 5. The summed E-state index contributed by atoms with van der Waals surface area (Å²) in [6.07, 6.45) is 9.60. The number of hydrogen-bond acceptors (Lipinski definition) is 5. The Bertz CT molecular complexity index is 1280. The van der Waals surface area contributed by atoms with Gasteiger partial charge in [0.25, 0.3) is 0 Å². The van der Waals surface area contributed by atoms with Crippen molar-refractivity contribution in [3.8, 4) is 22.9 Å². The van der Waals surface area contributed by atoms with E-state index >= 15 is 0 Å². The van der Waals surface area contributed by atoms with Gasteiger partial charge >= 0.3 is 0 Å². The highest BCUT2D eigenvalue weighted by molar-refractivity contribution is 5.83. The molecule has 36 heavy (non-hydrogen) atoms. The molecule has 190 valence electrons. The second-order valence-electron chi connectivity index (χ2n) is 9.75. The smallest absolute Gasteiger partial charge is 0.240 e. The van der Waals surface area contributed by atoms with Crippen LogP contribution in [-0.4, -0.2) is 50.3 Å². The van der Waals surface area contributed by atoms with Crippen molar-refractivity contribution in [2.45, 2.75) is 59.2 Å². The molecule has 7 heteroatoms. The molecule has 1 aliphatic heterocycles. The van der Waals surface area contributed by atoms with E-state index in [2.05, 4.69) is 65.5 Å². The number of aryl methyl sites for hydroxylation is 3. The highest BCUT2D eigenvalue weighted by Gasteiger charge is 2.31. The van der Waals surface area contributed by atoms with Crippen molar-refractivity contribution in [2.24, 2.45) is 7.05 Å². The van der Waals surface area contributed by atoms with Crippen LogP contribution in [0.25, 0.3) is 22.8 Å². The van der Waals surface area contributed by atoms with E-state index in [0.717, 1.165) is 59.8 Å². The van der Waals surface area contributed by atoms with Crippen molar-refractivity contribution in [1.82, 2.24) is 24.5 Å².